The molecule has 2 unspecified atom stereocenters. The van der Waals surface area contributed by atoms with E-state index < -0.39 is 0 Å². The topological polar surface area (TPSA) is 62.3 Å². The average molecular weight is 604 g/mol. The number of halogens is 1. The number of para-hydroxylation sites is 1. The number of likely N-dealkylation sites (tertiary alicyclic amines) is 3. The zero-order valence-electron chi connectivity index (χ0n) is 25.1. The predicted molar refractivity (Wildman–Crippen MR) is 170 cm³/mol. The Morgan fingerprint density at radius 3 is 2.21 bits per heavy atom. The zero-order chi connectivity index (χ0) is 29.1. The molecule has 228 valence electrons. The van der Waals surface area contributed by atoms with E-state index >= 15 is 0 Å². The first kappa shape index (κ1) is 30.9. The molecule has 3 aromatic carbocycles. The fourth-order valence-corrected chi connectivity index (χ4v) is 7.25. The lowest BCUT2D eigenvalue weighted by Gasteiger charge is -2.39. The molecule has 0 saturated carbocycles. The number of carbonyl (C=O) groups excluding carboxylic acids is 2. The van der Waals surface area contributed by atoms with Crippen LogP contribution < -0.4 is 9.47 Å². The van der Waals surface area contributed by atoms with Crippen molar-refractivity contribution in [1.29, 1.82) is 0 Å². The largest absolute Gasteiger partial charge is 0.497 e. The van der Waals surface area contributed by atoms with Crippen LogP contribution in [-0.2, 0) is 11.3 Å². The summed E-state index contributed by atoms with van der Waals surface area (Å²) in [6, 6.07) is 26.1. The number of hydrogen-bond donors (Lipinski definition) is 0. The van der Waals surface area contributed by atoms with Crippen LogP contribution in [0.15, 0.2) is 78.9 Å². The van der Waals surface area contributed by atoms with Gasteiger partial charge in [0.1, 0.15) is 11.5 Å². The molecule has 1 spiro atoms. The Labute approximate surface area is 261 Å². The van der Waals surface area contributed by atoms with Crippen molar-refractivity contribution in [2.75, 3.05) is 53.5 Å². The highest BCUT2D eigenvalue weighted by atomic mass is 35.5. The third-order valence-corrected chi connectivity index (χ3v) is 9.73. The molecule has 0 aromatic heterocycles. The molecule has 2 amide bonds. The van der Waals surface area contributed by atoms with Crippen molar-refractivity contribution in [2.45, 2.75) is 31.7 Å². The molecule has 7 nitrogen and oxygen atoms in total. The zero-order valence-corrected chi connectivity index (χ0v) is 25.9. The Kier molecular flexibility index (Phi) is 9.62. The predicted octanol–water partition coefficient (Wildman–Crippen LogP) is 5.50. The summed E-state index contributed by atoms with van der Waals surface area (Å²) in [5.74, 6) is 2.39. The first-order chi connectivity index (χ1) is 20.5. The summed E-state index contributed by atoms with van der Waals surface area (Å²) in [6.45, 7) is 5.65. The third-order valence-electron chi connectivity index (χ3n) is 9.73. The molecule has 3 aliphatic heterocycles. The summed E-state index contributed by atoms with van der Waals surface area (Å²) in [4.78, 5) is 33.8. The highest BCUT2D eigenvalue weighted by molar-refractivity contribution is 5.97. The van der Waals surface area contributed by atoms with Crippen LogP contribution in [0.4, 0.5) is 0 Å². The lowest BCUT2D eigenvalue weighted by atomic mass is 9.76. The van der Waals surface area contributed by atoms with Gasteiger partial charge in [0.05, 0.1) is 25.2 Å². The van der Waals surface area contributed by atoms with Crippen molar-refractivity contribution in [3.05, 3.63) is 95.6 Å². The van der Waals surface area contributed by atoms with Gasteiger partial charge in [0.25, 0.3) is 5.91 Å². The molecule has 6 rings (SSSR count). The highest BCUT2D eigenvalue weighted by Crippen LogP contribution is 2.43. The number of nitrogens with zero attached hydrogens (tertiary/aromatic N) is 3. The molecule has 3 aliphatic rings. The van der Waals surface area contributed by atoms with Gasteiger partial charge in [-0.25, -0.2) is 0 Å². The van der Waals surface area contributed by atoms with E-state index in [0.717, 1.165) is 56.8 Å². The molecule has 3 saturated heterocycles. The van der Waals surface area contributed by atoms with Gasteiger partial charge in [-0.1, -0.05) is 54.6 Å². The first-order valence-electron chi connectivity index (χ1n) is 15.1. The second-order valence-electron chi connectivity index (χ2n) is 12.1. The van der Waals surface area contributed by atoms with Crippen LogP contribution in [0.2, 0.25) is 0 Å². The maximum atomic E-state index is 13.6. The van der Waals surface area contributed by atoms with Crippen LogP contribution in [0.5, 0.6) is 11.5 Å². The van der Waals surface area contributed by atoms with E-state index in [1.807, 2.05) is 64.4 Å². The fraction of sp³-hybridized carbons (Fsp3) is 0.429. The van der Waals surface area contributed by atoms with Crippen molar-refractivity contribution in [2.24, 2.45) is 11.3 Å². The maximum absolute atomic E-state index is 13.6. The molecule has 3 aromatic rings. The molecule has 0 bridgehead atoms. The minimum atomic E-state index is -0.233. The van der Waals surface area contributed by atoms with E-state index in [9.17, 15) is 9.59 Å². The quantitative estimate of drug-likeness (QED) is 0.340. The van der Waals surface area contributed by atoms with Gasteiger partial charge in [-0.2, -0.15) is 0 Å². The Morgan fingerprint density at radius 2 is 1.51 bits per heavy atom. The summed E-state index contributed by atoms with van der Waals surface area (Å²) >= 11 is 0. The summed E-state index contributed by atoms with van der Waals surface area (Å²) in [5, 5.41) is 0. The summed E-state index contributed by atoms with van der Waals surface area (Å²) in [7, 11) is 3.28. The Bertz CT molecular complexity index is 1390. The number of benzene rings is 3. The number of hydrogen-bond acceptors (Lipinski definition) is 5. The SMILES string of the molecule is COc1ccc(CN2CCC3(CCN(CC4CN(C(=O)c5ccccc5OC)CC4c4ccccc4)CC3)C2=O)cc1.Cl. The number of rotatable bonds is 8. The molecule has 43 heavy (non-hydrogen) atoms. The van der Waals surface area contributed by atoms with Crippen LogP contribution in [0, 0.1) is 11.3 Å². The van der Waals surface area contributed by atoms with Crippen molar-refractivity contribution in [1.82, 2.24) is 14.7 Å². The number of ether oxygens (including phenoxy) is 2. The van der Waals surface area contributed by atoms with Crippen LogP contribution in [0.3, 0.4) is 0 Å². The number of methoxy groups -OCH3 is 2. The van der Waals surface area contributed by atoms with Gasteiger partial charge in [-0.15, -0.1) is 12.4 Å². The normalized spacial score (nSPS) is 21.6. The molecule has 0 radical (unpaired) electrons. The van der Waals surface area contributed by atoms with Crippen molar-refractivity contribution in [3.8, 4) is 11.5 Å². The lowest BCUT2D eigenvalue weighted by Crippen LogP contribution is -2.46. The van der Waals surface area contributed by atoms with E-state index in [1.54, 1.807) is 14.2 Å². The van der Waals surface area contributed by atoms with Gasteiger partial charge in [-0.05, 0) is 73.7 Å². The summed E-state index contributed by atoms with van der Waals surface area (Å²) < 4.78 is 10.8. The second-order valence-corrected chi connectivity index (χ2v) is 12.1. The lowest BCUT2D eigenvalue weighted by molar-refractivity contribution is -0.139. The summed E-state index contributed by atoms with van der Waals surface area (Å²) in [5.41, 5.74) is 2.81. The third kappa shape index (κ3) is 6.38. The van der Waals surface area contributed by atoms with Gasteiger partial charge in [0, 0.05) is 38.6 Å². The number of carbonyl (C=O) groups is 2. The van der Waals surface area contributed by atoms with Crippen LogP contribution >= 0.6 is 12.4 Å². The molecule has 2 atom stereocenters. The minimum absolute atomic E-state index is 0. The van der Waals surface area contributed by atoms with E-state index in [4.69, 9.17) is 9.47 Å². The Balaban J connectivity index is 0.00000368. The van der Waals surface area contributed by atoms with Gasteiger partial charge < -0.3 is 24.2 Å². The van der Waals surface area contributed by atoms with Gasteiger partial charge >= 0.3 is 0 Å². The fourth-order valence-electron chi connectivity index (χ4n) is 7.25. The highest BCUT2D eigenvalue weighted by Gasteiger charge is 2.48. The van der Waals surface area contributed by atoms with Crippen molar-refractivity contribution in [3.63, 3.8) is 0 Å². The molecular formula is C35H42ClN3O4. The van der Waals surface area contributed by atoms with E-state index in [1.165, 1.54) is 5.56 Å². The van der Waals surface area contributed by atoms with Crippen LogP contribution in [0.1, 0.15) is 46.7 Å². The monoisotopic (exact) mass is 603 g/mol. The average Bonchev–Trinajstić information content (AvgIpc) is 3.59. The molecule has 3 heterocycles. The molecule has 8 heteroatoms. The molecule has 0 N–H and O–H groups in total. The van der Waals surface area contributed by atoms with Crippen molar-refractivity contribution >= 4 is 24.2 Å². The molecule has 3 fully saturated rings. The van der Waals surface area contributed by atoms with Gasteiger partial charge in [-0.3, -0.25) is 9.59 Å². The van der Waals surface area contributed by atoms with Crippen LogP contribution in [0.25, 0.3) is 0 Å². The number of piperidine rings is 1. The standard InChI is InChI=1S/C35H41N3O4.ClH/c1-41-29-14-12-26(13-15-29)22-37-21-18-35(34(37)40)16-19-36(20-17-35)23-28-24-38(25-31(28)27-8-4-3-5-9-27)33(39)30-10-6-7-11-32(30)42-2;/h3-15,28,31H,16-25H2,1-2H3;1H. The smallest absolute Gasteiger partial charge is 0.257 e. The van der Waals surface area contributed by atoms with E-state index in [2.05, 4.69) is 29.2 Å². The Hall–Kier alpha value is -3.55. The Morgan fingerprint density at radius 1 is 0.837 bits per heavy atom. The minimum Gasteiger partial charge on any atom is -0.497 e. The molecular weight excluding hydrogens is 562 g/mol. The second kappa shape index (κ2) is 13.4. The number of amides is 2. The first-order valence-corrected chi connectivity index (χ1v) is 15.1. The maximum Gasteiger partial charge on any atom is 0.257 e. The van der Waals surface area contributed by atoms with Gasteiger partial charge in [0.2, 0.25) is 5.91 Å². The summed E-state index contributed by atoms with van der Waals surface area (Å²) in [6.07, 6.45) is 2.74. The van der Waals surface area contributed by atoms with Crippen molar-refractivity contribution < 1.29 is 19.1 Å². The van der Waals surface area contributed by atoms with Crippen LogP contribution in [-0.4, -0.2) is 80.0 Å². The van der Waals surface area contributed by atoms with E-state index in [0.29, 0.717) is 42.8 Å². The van der Waals surface area contributed by atoms with E-state index in [-0.39, 0.29) is 29.6 Å². The van der Waals surface area contributed by atoms with Gasteiger partial charge in [0.15, 0.2) is 0 Å². The molecule has 0 aliphatic carbocycles.